The molecule has 1 aromatic heterocycles. The molecule has 0 saturated carbocycles. The fraction of sp³-hybridized carbons (Fsp3) is 0.500. The largest absolute Gasteiger partial charge is 0.472 e. The topological polar surface area (TPSA) is 67.4 Å². The number of nitrogens with one attached hydrogen (secondary N) is 1. The van der Waals surface area contributed by atoms with Crippen molar-refractivity contribution in [3.05, 3.63) is 40.9 Å². The van der Waals surface area contributed by atoms with Gasteiger partial charge in [0, 0.05) is 18.6 Å². The van der Waals surface area contributed by atoms with Gasteiger partial charge in [-0.1, -0.05) is 41.7 Å². The Morgan fingerprint density at radius 2 is 2.04 bits per heavy atom. The molecule has 2 aliphatic rings. The fourth-order valence-corrected chi connectivity index (χ4v) is 4.58. The van der Waals surface area contributed by atoms with E-state index in [2.05, 4.69) is 32.5 Å². The van der Waals surface area contributed by atoms with Gasteiger partial charge in [-0.05, 0) is 24.8 Å². The van der Waals surface area contributed by atoms with Crippen LogP contribution in [0.4, 0.5) is 0 Å². The van der Waals surface area contributed by atoms with E-state index in [0.29, 0.717) is 5.19 Å². The molecule has 7 heteroatoms. The van der Waals surface area contributed by atoms with Gasteiger partial charge in [-0.15, -0.1) is 10.2 Å². The molecule has 2 saturated heterocycles. The molecule has 1 unspecified atom stereocenters. The Kier molecular flexibility index (Phi) is 4.43. The monoisotopic (exact) mass is 358 g/mol. The summed E-state index contributed by atoms with van der Waals surface area (Å²) in [6.45, 7) is 2.72. The van der Waals surface area contributed by atoms with Gasteiger partial charge in [0.1, 0.15) is 5.01 Å². The number of likely N-dealkylation sites (tertiary alicyclic amines) is 1. The van der Waals surface area contributed by atoms with Gasteiger partial charge in [-0.2, -0.15) is 0 Å². The van der Waals surface area contributed by atoms with Crippen LogP contribution in [-0.2, 0) is 11.3 Å². The molecule has 25 heavy (non-hydrogen) atoms. The van der Waals surface area contributed by atoms with Gasteiger partial charge < -0.3 is 10.1 Å². The van der Waals surface area contributed by atoms with Gasteiger partial charge in [-0.25, -0.2) is 0 Å². The third kappa shape index (κ3) is 3.39. The Labute approximate surface area is 151 Å². The lowest BCUT2D eigenvalue weighted by atomic mass is 9.82. The minimum atomic E-state index is -0.0487. The number of benzene rings is 1. The van der Waals surface area contributed by atoms with E-state index in [4.69, 9.17) is 4.74 Å². The van der Waals surface area contributed by atoms with Crippen LogP contribution in [0.15, 0.2) is 30.3 Å². The first-order valence-electron chi connectivity index (χ1n) is 8.63. The molecule has 132 valence electrons. The first-order valence-corrected chi connectivity index (χ1v) is 9.45. The van der Waals surface area contributed by atoms with Gasteiger partial charge >= 0.3 is 0 Å². The van der Waals surface area contributed by atoms with Crippen molar-refractivity contribution in [2.24, 2.45) is 0 Å². The smallest absolute Gasteiger partial charge is 0.293 e. The van der Waals surface area contributed by atoms with E-state index in [9.17, 15) is 4.79 Å². The number of amides is 1. The minimum Gasteiger partial charge on any atom is -0.472 e. The van der Waals surface area contributed by atoms with Crippen LogP contribution >= 0.6 is 11.3 Å². The minimum absolute atomic E-state index is 0.0137. The number of rotatable bonds is 4. The molecule has 4 rings (SSSR count). The van der Waals surface area contributed by atoms with Crippen molar-refractivity contribution in [1.29, 1.82) is 0 Å². The lowest BCUT2D eigenvalue weighted by molar-refractivity contribution is -0.121. The highest BCUT2D eigenvalue weighted by atomic mass is 32.1. The van der Waals surface area contributed by atoms with Crippen LogP contribution in [0.25, 0.3) is 0 Å². The highest BCUT2D eigenvalue weighted by Gasteiger charge is 2.46. The van der Waals surface area contributed by atoms with Crippen LogP contribution in [0.3, 0.4) is 0 Å². The van der Waals surface area contributed by atoms with Crippen LogP contribution in [0.1, 0.15) is 35.8 Å². The van der Waals surface area contributed by atoms with Crippen molar-refractivity contribution in [3.8, 4) is 5.19 Å². The molecule has 2 aliphatic heterocycles. The molecule has 1 N–H and O–H groups in total. The average Bonchev–Trinajstić information content (AvgIpc) is 3.22. The number of carbonyl (C=O) groups excluding carboxylic acids is 1. The number of piperidine rings is 1. The highest BCUT2D eigenvalue weighted by Crippen LogP contribution is 2.39. The van der Waals surface area contributed by atoms with Crippen LogP contribution in [0, 0.1) is 0 Å². The summed E-state index contributed by atoms with van der Waals surface area (Å²) in [5.41, 5.74) is 1.08. The van der Waals surface area contributed by atoms with E-state index in [-0.39, 0.29) is 17.4 Å². The van der Waals surface area contributed by atoms with Crippen LogP contribution in [0.2, 0.25) is 0 Å². The average molecular weight is 358 g/mol. The van der Waals surface area contributed by atoms with Crippen molar-refractivity contribution >= 4 is 17.2 Å². The molecule has 1 atom stereocenters. The SMILES string of the molecule is COc1nnc(CN2CCC3(CC2)CC(c2ccccc2)C(=O)N3)s1. The maximum atomic E-state index is 12.5. The lowest BCUT2D eigenvalue weighted by Crippen LogP contribution is -2.50. The van der Waals surface area contributed by atoms with Gasteiger partial charge in [-0.3, -0.25) is 9.69 Å². The zero-order chi connectivity index (χ0) is 17.3. The van der Waals surface area contributed by atoms with Crippen molar-refractivity contribution in [2.45, 2.75) is 37.3 Å². The number of aromatic nitrogens is 2. The van der Waals surface area contributed by atoms with E-state index in [1.165, 1.54) is 11.3 Å². The number of carbonyl (C=O) groups is 1. The Morgan fingerprint density at radius 1 is 1.28 bits per heavy atom. The van der Waals surface area contributed by atoms with Crippen LogP contribution in [0.5, 0.6) is 5.19 Å². The number of ether oxygens (including phenoxy) is 1. The van der Waals surface area contributed by atoms with E-state index >= 15 is 0 Å². The molecule has 0 bridgehead atoms. The standard InChI is InChI=1S/C18H22N4O2S/c1-24-17-21-20-15(25-17)12-22-9-7-18(8-10-22)11-14(16(23)19-18)13-5-3-2-4-6-13/h2-6,14H,7-12H2,1H3,(H,19,23). The summed E-state index contributed by atoms with van der Waals surface area (Å²) in [6, 6.07) is 10.1. The van der Waals surface area contributed by atoms with Crippen molar-refractivity contribution in [2.75, 3.05) is 20.2 Å². The van der Waals surface area contributed by atoms with E-state index in [1.54, 1.807) is 7.11 Å². The summed E-state index contributed by atoms with van der Waals surface area (Å²) in [5, 5.41) is 13.0. The molecule has 0 aliphatic carbocycles. The van der Waals surface area contributed by atoms with E-state index < -0.39 is 0 Å². The summed E-state index contributed by atoms with van der Waals surface area (Å²) in [7, 11) is 1.61. The van der Waals surface area contributed by atoms with Crippen molar-refractivity contribution < 1.29 is 9.53 Å². The fourth-order valence-electron chi connectivity index (χ4n) is 3.88. The van der Waals surface area contributed by atoms with Crippen molar-refractivity contribution in [3.63, 3.8) is 0 Å². The lowest BCUT2D eigenvalue weighted by Gasteiger charge is -2.39. The summed E-state index contributed by atoms with van der Waals surface area (Å²) >= 11 is 1.49. The Balaban J connectivity index is 1.37. The van der Waals surface area contributed by atoms with E-state index in [1.807, 2.05) is 18.2 Å². The molecule has 2 fully saturated rings. The molecule has 1 amide bonds. The second-order valence-electron chi connectivity index (χ2n) is 6.88. The third-order valence-corrected chi connectivity index (χ3v) is 6.17. The van der Waals surface area contributed by atoms with Gasteiger partial charge in [0.2, 0.25) is 5.91 Å². The van der Waals surface area contributed by atoms with Crippen molar-refractivity contribution in [1.82, 2.24) is 20.4 Å². The maximum Gasteiger partial charge on any atom is 0.293 e. The first-order chi connectivity index (χ1) is 12.2. The normalized spacial score (nSPS) is 22.9. The summed E-state index contributed by atoms with van der Waals surface area (Å²) in [4.78, 5) is 14.9. The predicted octanol–water partition coefficient (Wildman–Crippen LogP) is 2.19. The number of hydrogen-bond acceptors (Lipinski definition) is 6. The Hall–Kier alpha value is -1.99. The zero-order valence-corrected chi connectivity index (χ0v) is 15.1. The molecule has 1 aromatic carbocycles. The molecule has 0 radical (unpaired) electrons. The Morgan fingerprint density at radius 3 is 2.72 bits per heavy atom. The quantitative estimate of drug-likeness (QED) is 0.907. The molecular formula is C18H22N4O2S. The highest BCUT2D eigenvalue weighted by molar-refractivity contribution is 7.13. The third-order valence-electron chi connectivity index (χ3n) is 5.30. The Bertz CT molecular complexity index is 741. The van der Waals surface area contributed by atoms with Gasteiger partial charge in [0.25, 0.3) is 5.19 Å². The zero-order valence-electron chi connectivity index (χ0n) is 14.3. The number of nitrogens with zero attached hydrogens (tertiary/aromatic N) is 3. The second kappa shape index (κ2) is 6.72. The first kappa shape index (κ1) is 16.5. The van der Waals surface area contributed by atoms with Crippen LogP contribution < -0.4 is 10.1 Å². The maximum absolute atomic E-state index is 12.5. The number of hydrogen-bond donors (Lipinski definition) is 1. The molecule has 3 heterocycles. The van der Waals surface area contributed by atoms with Gasteiger partial charge in [0.05, 0.1) is 19.6 Å². The predicted molar refractivity (Wildman–Crippen MR) is 95.6 cm³/mol. The van der Waals surface area contributed by atoms with E-state index in [0.717, 1.165) is 49.5 Å². The second-order valence-corrected chi connectivity index (χ2v) is 7.90. The summed E-state index contributed by atoms with van der Waals surface area (Å²) in [5.74, 6) is 0.161. The van der Waals surface area contributed by atoms with Gasteiger partial charge in [0.15, 0.2) is 0 Å². The molecule has 2 aromatic rings. The summed E-state index contributed by atoms with van der Waals surface area (Å²) < 4.78 is 5.10. The number of methoxy groups -OCH3 is 1. The molecule has 6 nitrogen and oxygen atoms in total. The van der Waals surface area contributed by atoms with Crippen LogP contribution in [-0.4, -0.2) is 46.7 Å². The molecular weight excluding hydrogens is 336 g/mol. The molecule has 1 spiro atoms. The summed E-state index contributed by atoms with van der Waals surface area (Å²) in [6.07, 6.45) is 2.87.